The van der Waals surface area contributed by atoms with E-state index in [4.69, 9.17) is 9.47 Å². The maximum Gasteiger partial charge on any atom is 0.339 e. The van der Waals surface area contributed by atoms with Gasteiger partial charge in [-0.2, -0.15) is 0 Å². The molecule has 20 heavy (non-hydrogen) atoms. The fraction of sp³-hybridized carbons (Fsp3) is 0.500. The molecule has 1 heterocycles. The number of esters is 2. The molecule has 0 saturated carbocycles. The number of hydrogen-bond donors (Lipinski definition) is 1. The largest absolute Gasteiger partial charge is 0.466 e. The number of pyridine rings is 1. The Morgan fingerprint density at radius 3 is 2.35 bits per heavy atom. The molecule has 0 radical (unpaired) electrons. The van der Waals surface area contributed by atoms with Crippen molar-refractivity contribution in [1.29, 1.82) is 0 Å². The second-order valence-electron chi connectivity index (χ2n) is 4.07. The van der Waals surface area contributed by atoms with Gasteiger partial charge in [-0.1, -0.05) is 6.92 Å². The quantitative estimate of drug-likeness (QED) is 0.792. The minimum absolute atomic E-state index is 0.165. The van der Waals surface area contributed by atoms with E-state index in [-0.39, 0.29) is 36.5 Å². The van der Waals surface area contributed by atoms with Crippen LogP contribution in [0, 0.1) is 0 Å². The van der Waals surface area contributed by atoms with Gasteiger partial charge in [0.2, 0.25) is 0 Å². The van der Waals surface area contributed by atoms with Crippen LogP contribution < -0.4 is 5.56 Å². The molecule has 110 valence electrons. The van der Waals surface area contributed by atoms with E-state index in [1.807, 2.05) is 6.92 Å². The fourth-order valence-electron chi connectivity index (χ4n) is 1.76. The summed E-state index contributed by atoms with van der Waals surface area (Å²) in [5.41, 5.74) is 0.598. The predicted molar refractivity (Wildman–Crippen MR) is 72.7 cm³/mol. The van der Waals surface area contributed by atoms with Crippen molar-refractivity contribution < 1.29 is 19.1 Å². The first-order chi connectivity index (χ1) is 9.53. The van der Waals surface area contributed by atoms with E-state index in [0.717, 1.165) is 0 Å². The molecule has 0 aromatic carbocycles. The lowest BCUT2D eigenvalue weighted by Crippen LogP contribution is -2.22. The third-order valence-electron chi connectivity index (χ3n) is 2.70. The lowest BCUT2D eigenvalue weighted by Gasteiger charge is -2.10. The molecule has 1 N–H and O–H groups in total. The van der Waals surface area contributed by atoms with Crippen LogP contribution >= 0.6 is 0 Å². The van der Waals surface area contributed by atoms with Gasteiger partial charge < -0.3 is 14.5 Å². The number of ether oxygens (including phenoxy) is 2. The highest BCUT2D eigenvalue weighted by Gasteiger charge is 2.18. The first-order valence-electron chi connectivity index (χ1n) is 6.61. The molecule has 0 amide bonds. The van der Waals surface area contributed by atoms with Crippen LogP contribution in [0.15, 0.2) is 10.9 Å². The van der Waals surface area contributed by atoms with E-state index in [0.29, 0.717) is 12.0 Å². The second-order valence-corrected chi connectivity index (χ2v) is 4.07. The summed E-state index contributed by atoms with van der Waals surface area (Å²) in [7, 11) is 0. The van der Waals surface area contributed by atoms with Crippen molar-refractivity contribution in [3.63, 3.8) is 0 Å². The van der Waals surface area contributed by atoms with Crippen LogP contribution in [0.25, 0.3) is 0 Å². The van der Waals surface area contributed by atoms with Gasteiger partial charge in [-0.15, -0.1) is 0 Å². The van der Waals surface area contributed by atoms with E-state index < -0.39 is 11.9 Å². The smallest absolute Gasteiger partial charge is 0.339 e. The minimum atomic E-state index is -0.558. The number of H-pyrrole nitrogens is 1. The van der Waals surface area contributed by atoms with Crippen molar-refractivity contribution in [2.75, 3.05) is 13.2 Å². The zero-order valence-corrected chi connectivity index (χ0v) is 11.9. The monoisotopic (exact) mass is 281 g/mol. The Labute approximate surface area is 117 Å². The summed E-state index contributed by atoms with van der Waals surface area (Å²) in [5.74, 6) is -1.06. The highest BCUT2D eigenvalue weighted by Crippen LogP contribution is 2.10. The molecule has 0 spiro atoms. The number of hydrogen-bond acceptors (Lipinski definition) is 5. The standard InChI is InChI=1S/C14H19NO5/c1-4-9-7-10(14(18)20-6-3)11(15-13(9)17)8-12(16)19-5-2/h7H,4-6,8H2,1-3H3,(H,15,17). The second kappa shape index (κ2) is 7.47. The zero-order chi connectivity index (χ0) is 15.1. The van der Waals surface area contributed by atoms with Crippen molar-refractivity contribution in [3.8, 4) is 0 Å². The third kappa shape index (κ3) is 3.94. The highest BCUT2D eigenvalue weighted by atomic mass is 16.5. The van der Waals surface area contributed by atoms with Crippen molar-refractivity contribution >= 4 is 11.9 Å². The molecule has 0 aliphatic carbocycles. The molecule has 1 aromatic rings. The molecule has 0 aliphatic rings. The van der Waals surface area contributed by atoms with Gasteiger partial charge in [0.1, 0.15) is 0 Å². The Morgan fingerprint density at radius 1 is 1.15 bits per heavy atom. The summed E-state index contributed by atoms with van der Waals surface area (Å²) in [6.07, 6.45) is 0.322. The molecule has 6 nitrogen and oxygen atoms in total. The number of aromatic amines is 1. The van der Waals surface area contributed by atoms with Gasteiger partial charge in [-0.25, -0.2) is 4.79 Å². The number of carbonyl (C=O) groups is 2. The van der Waals surface area contributed by atoms with Crippen LogP contribution in [-0.4, -0.2) is 30.1 Å². The van der Waals surface area contributed by atoms with E-state index in [1.54, 1.807) is 13.8 Å². The van der Waals surface area contributed by atoms with Crippen LogP contribution in [0.5, 0.6) is 0 Å². The minimum Gasteiger partial charge on any atom is -0.466 e. The lowest BCUT2D eigenvalue weighted by molar-refractivity contribution is -0.142. The molecule has 6 heteroatoms. The average molecular weight is 281 g/mol. The summed E-state index contributed by atoms with van der Waals surface area (Å²) in [6, 6.07) is 1.48. The molecule has 0 fully saturated rings. The molecule has 0 atom stereocenters. The Bertz CT molecular complexity index is 547. The summed E-state index contributed by atoms with van der Waals surface area (Å²) in [4.78, 5) is 37.8. The van der Waals surface area contributed by atoms with Crippen molar-refractivity contribution in [3.05, 3.63) is 33.2 Å². The summed E-state index contributed by atoms with van der Waals surface area (Å²) < 4.78 is 9.76. The molecular formula is C14H19NO5. The zero-order valence-electron chi connectivity index (χ0n) is 11.9. The Kier molecular flexibility index (Phi) is 5.96. The van der Waals surface area contributed by atoms with Gasteiger partial charge in [0.15, 0.2) is 0 Å². The topological polar surface area (TPSA) is 85.5 Å². The van der Waals surface area contributed by atoms with Crippen LogP contribution in [0.4, 0.5) is 0 Å². The normalized spacial score (nSPS) is 10.2. The summed E-state index contributed by atoms with van der Waals surface area (Å²) >= 11 is 0. The highest BCUT2D eigenvalue weighted by molar-refractivity contribution is 5.92. The summed E-state index contributed by atoms with van der Waals surface area (Å²) in [6.45, 7) is 5.65. The average Bonchev–Trinajstić information content (AvgIpc) is 2.39. The van der Waals surface area contributed by atoms with E-state index in [9.17, 15) is 14.4 Å². The molecule has 0 bridgehead atoms. The van der Waals surface area contributed by atoms with E-state index >= 15 is 0 Å². The third-order valence-corrected chi connectivity index (χ3v) is 2.70. The van der Waals surface area contributed by atoms with Gasteiger partial charge >= 0.3 is 11.9 Å². The Balaban J connectivity index is 3.19. The maximum atomic E-state index is 11.9. The number of carbonyl (C=O) groups excluding carboxylic acids is 2. The van der Waals surface area contributed by atoms with Crippen LogP contribution in [-0.2, 0) is 27.1 Å². The molecule has 0 aliphatic heterocycles. The maximum absolute atomic E-state index is 11.9. The van der Waals surface area contributed by atoms with Gasteiger partial charge in [-0.05, 0) is 26.3 Å². The number of nitrogens with one attached hydrogen (secondary N) is 1. The van der Waals surface area contributed by atoms with Gasteiger partial charge in [0, 0.05) is 11.3 Å². The van der Waals surface area contributed by atoms with Gasteiger partial charge in [0.25, 0.3) is 5.56 Å². The number of aryl methyl sites for hydroxylation is 1. The first kappa shape index (κ1) is 15.9. The van der Waals surface area contributed by atoms with Crippen molar-refractivity contribution in [2.24, 2.45) is 0 Å². The predicted octanol–water partition coefficient (Wildman–Crippen LogP) is 1.22. The molecule has 1 aromatic heterocycles. The SMILES string of the molecule is CCOC(=O)Cc1[nH]c(=O)c(CC)cc1C(=O)OCC. The van der Waals surface area contributed by atoms with Crippen LogP contribution in [0.2, 0.25) is 0 Å². The van der Waals surface area contributed by atoms with Gasteiger partial charge in [0.05, 0.1) is 25.2 Å². The number of aromatic nitrogens is 1. The van der Waals surface area contributed by atoms with Crippen LogP contribution in [0.1, 0.15) is 42.4 Å². The summed E-state index contributed by atoms with van der Waals surface area (Å²) in [5, 5.41) is 0. The molecule has 0 saturated heterocycles. The van der Waals surface area contributed by atoms with E-state index in [2.05, 4.69) is 4.98 Å². The van der Waals surface area contributed by atoms with Crippen molar-refractivity contribution in [2.45, 2.75) is 33.6 Å². The molecule has 0 unspecified atom stereocenters. The molecule has 1 rings (SSSR count). The Hall–Kier alpha value is -2.11. The lowest BCUT2D eigenvalue weighted by atomic mass is 10.1. The number of rotatable bonds is 6. The fourth-order valence-corrected chi connectivity index (χ4v) is 1.76. The van der Waals surface area contributed by atoms with Crippen molar-refractivity contribution in [1.82, 2.24) is 4.98 Å². The first-order valence-corrected chi connectivity index (χ1v) is 6.61. The molecular weight excluding hydrogens is 262 g/mol. The van der Waals surface area contributed by atoms with E-state index in [1.165, 1.54) is 6.07 Å². The Morgan fingerprint density at radius 2 is 1.80 bits per heavy atom. The van der Waals surface area contributed by atoms with Gasteiger partial charge in [-0.3, -0.25) is 9.59 Å². The van der Waals surface area contributed by atoms with Crippen LogP contribution in [0.3, 0.4) is 0 Å².